The van der Waals surface area contributed by atoms with Crippen molar-refractivity contribution in [3.05, 3.63) is 108 Å². The maximum absolute atomic E-state index is 12.9. The molecule has 3 rings (SSSR count). The molecule has 3 aromatic carbocycles. The zero-order valence-electron chi connectivity index (χ0n) is 18.7. The van der Waals surface area contributed by atoms with E-state index in [1.165, 1.54) is 0 Å². The standard InChI is InChI=1S/C26H32NO4P/c1-3-30-32(29,31-4-2)21-25(28)20-27-26(22-14-8-5-9-15-22,23-16-10-6-11-17-23)24-18-12-7-13-19-24/h5-19,25,27-28H,3-4,20-21H2,1-2H3. The smallest absolute Gasteiger partial charge is 0.333 e. The fraction of sp³-hybridized carbons (Fsp3) is 0.308. The molecule has 170 valence electrons. The largest absolute Gasteiger partial charge is 0.391 e. The topological polar surface area (TPSA) is 67.8 Å². The van der Waals surface area contributed by atoms with Crippen LogP contribution in [-0.2, 0) is 19.2 Å². The van der Waals surface area contributed by atoms with Crippen LogP contribution in [0.1, 0.15) is 30.5 Å². The lowest BCUT2D eigenvalue weighted by Gasteiger charge is -2.38. The molecular weight excluding hydrogens is 421 g/mol. The summed E-state index contributed by atoms with van der Waals surface area (Å²) in [5.74, 6) is 0. The number of hydrogen-bond donors (Lipinski definition) is 2. The predicted octanol–water partition coefficient (Wildman–Crippen LogP) is 5.20. The molecule has 0 heterocycles. The second kappa shape index (κ2) is 11.6. The second-order valence-electron chi connectivity index (χ2n) is 7.51. The van der Waals surface area contributed by atoms with Gasteiger partial charge >= 0.3 is 7.60 Å². The van der Waals surface area contributed by atoms with Crippen molar-refractivity contribution in [1.82, 2.24) is 5.32 Å². The highest BCUT2D eigenvalue weighted by Gasteiger charge is 2.37. The minimum atomic E-state index is -3.36. The SMILES string of the molecule is CCOP(=O)(CC(O)CNC(c1ccccc1)(c1ccccc1)c1ccccc1)OCC. The van der Waals surface area contributed by atoms with Crippen LogP contribution in [0.3, 0.4) is 0 Å². The highest BCUT2D eigenvalue weighted by atomic mass is 31.2. The van der Waals surface area contributed by atoms with Crippen LogP contribution in [0.5, 0.6) is 0 Å². The van der Waals surface area contributed by atoms with E-state index in [1.807, 2.05) is 54.6 Å². The molecule has 2 N–H and O–H groups in total. The Hall–Kier alpha value is -2.27. The molecule has 1 unspecified atom stereocenters. The van der Waals surface area contributed by atoms with Gasteiger partial charge in [-0.2, -0.15) is 0 Å². The Balaban J connectivity index is 1.99. The molecule has 0 saturated carbocycles. The fourth-order valence-corrected chi connectivity index (χ4v) is 5.72. The Kier molecular flexibility index (Phi) is 8.80. The van der Waals surface area contributed by atoms with Crippen molar-refractivity contribution in [3.63, 3.8) is 0 Å². The highest BCUT2D eigenvalue weighted by Crippen LogP contribution is 2.48. The van der Waals surface area contributed by atoms with Gasteiger partial charge in [-0.25, -0.2) is 0 Å². The van der Waals surface area contributed by atoms with Gasteiger partial charge in [0.15, 0.2) is 0 Å². The van der Waals surface area contributed by atoms with E-state index in [0.29, 0.717) is 0 Å². The first-order chi connectivity index (χ1) is 15.5. The Morgan fingerprint density at radius 3 is 1.50 bits per heavy atom. The zero-order valence-corrected chi connectivity index (χ0v) is 19.6. The molecule has 5 nitrogen and oxygen atoms in total. The third-order valence-corrected chi connectivity index (χ3v) is 7.48. The molecule has 0 amide bonds. The van der Waals surface area contributed by atoms with Crippen molar-refractivity contribution in [2.45, 2.75) is 25.5 Å². The second-order valence-corrected chi connectivity index (χ2v) is 9.62. The number of aliphatic hydroxyl groups is 1. The van der Waals surface area contributed by atoms with E-state index in [4.69, 9.17) is 9.05 Å². The van der Waals surface area contributed by atoms with Crippen LogP contribution in [-0.4, -0.2) is 37.1 Å². The van der Waals surface area contributed by atoms with Gasteiger partial charge in [-0.15, -0.1) is 0 Å². The molecule has 6 heteroatoms. The maximum Gasteiger partial charge on any atom is 0.333 e. The first-order valence-electron chi connectivity index (χ1n) is 11.0. The summed E-state index contributed by atoms with van der Waals surface area (Å²) in [5, 5.41) is 14.5. The van der Waals surface area contributed by atoms with Crippen LogP contribution >= 0.6 is 7.60 Å². The van der Waals surface area contributed by atoms with Gasteiger partial charge in [0.25, 0.3) is 0 Å². The number of hydrogen-bond acceptors (Lipinski definition) is 5. The lowest BCUT2D eigenvalue weighted by Crippen LogP contribution is -2.48. The predicted molar refractivity (Wildman–Crippen MR) is 129 cm³/mol. The third-order valence-electron chi connectivity index (χ3n) is 5.31. The van der Waals surface area contributed by atoms with Crippen LogP contribution in [0.25, 0.3) is 0 Å². The number of rotatable bonds is 12. The normalized spacial score (nSPS) is 13.1. The van der Waals surface area contributed by atoms with Gasteiger partial charge < -0.3 is 14.2 Å². The summed E-state index contributed by atoms with van der Waals surface area (Å²) in [4.78, 5) is 0. The summed E-state index contributed by atoms with van der Waals surface area (Å²) in [6.45, 7) is 4.25. The Labute approximate surface area is 190 Å². The van der Waals surface area contributed by atoms with Crippen molar-refractivity contribution in [3.8, 4) is 0 Å². The average Bonchev–Trinajstić information content (AvgIpc) is 2.82. The molecule has 3 aromatic rings. The third kappa shape index (κ3) is 5.74. The van der Waals surface area contributed by atoms with Crippen molar-refractivity contribution in [2.24, 2.45) is 0 Å². The minimum Gasteiger partial charge on any atom is -0.391 e. The van der Waals surface area contributed by atoms with Crippen LogP contribution in [0, 0.1) is 0 Å². The van der Waals surface area contributed by atoms with Gasteiger partial charge in [0.05, 0.1) is 31.0 Å². The lowest BCUT2D eigenvalue weighted by molar-refractivity contribution is 0.161. The molecule has 0 spiro atoms. The fourth-order valence-electron chi connectivity index (χ4n) is 4.00. The number of aliphatic hydroxyl groups excluding tert-OH is 1. The molecule has 0 aliphatic heterocycles. The van der Waals surface area contributed by atoms with Crippen LogP contribution in [0.4, 0.5) is 0 Å². The minimum absolute atomic E-state index is 0.0733. The summed E-state index contributed by atoms with van der Waals surface area (Å²) >= 11 is 0. The van der Waals surface area contributed by atoms with Crippen LogP contribution in [0.15, 0.2) is 91.0 Å². The van der Waals surface area contributed by atoms with Gasteiger partial charge in [-0.3, -0.25) is 9.88 Å². The van der Waals surface area contributed by atoms with Crippen molar-refractivity contribution in [2.75, 3.05) is 25.9 Å². The van der Waals surface area contributed by atoms with Crippen molar-refractivity contribution < 1.29 is 18.7 Å². The number of nitrogens with one attached hydrogen (secondary N) is 1. The van der Waals surface area contributed by atoms with E-state index in [9.17, 15) is 9.67 Å². The molecule has 1 atom stereocenters. The van der Waals surface area contributed by atoms with E-state index in [1.54, 1.807) is 13.8 Å². The molecule has 32 heavy (non-hydrogen) atoms. The molecule has 0 fully saturated rings. The Morgan fingerprint density at radius 2 is 1.16 bits per heavy atom. The first kappa shape index (κ1) is 24.4. The van der Waals surface area contributed by atoms with Gasteiger partial charge in [0.1, 0.15) is 0 Å². The zero-order chi connectivity index (χ0) is 22.9. The van der Waals surface area contributed by atoms with Crippen molar-refractivity contribution in [1.29, 1.82) is 0 Å². The number of benzene rings is 3. The van der Waals surface area contributed by atoms with E-state index >= 15 is 0 Å². The molecule has 0 saturated heterocycles. The van der Waals surface area contributed by atoms with Crippen molar-refractivity contribution >= 4 is 7.60 Å². The van der Waals surface area contributed by atoms with E-state index < -0.39 is 19.2 Å². The van der Waals surface area contributed by atoms with E-state index in [0.717, 1.165) is 16.7 Å². The Bertz CT molecular complexity index is 876. The molecular formula is C26H32NO4P. The first-order valence-corrected chi connectivity index (χ1v) is 12.7. The molecule has 0 aromatic heterocycles. The summed E-state index contributed by atoms with van der Waals surface area (Å²) in [6.07, 6.45) is -0.995. The van der Waals surface area contributed by atoms with Gasteiger partial charge in [0, 0.05) is 6.54 Å². The Morgan fingerprint density at radius 1 is 0.781 bits per heavy atom. The summed E-state index contributed by atoms with van der Waals surface area (Å²) < 4.78 is 23.7. The summed E-state index contributed by atoms with van der Waals surface area (Å²) in [6, 6.07) is 30.4. The summed E-state index contributed by atoms with van der Waals surface area (Å²) in [7, 11) is -3.36. The monoisotopic (exact) mass is 453 g/mol. The molecule has 0 aliphatic carbocycles. The highest BCUT2D eigenvalue weighted by molar-refractivity contribution is 7.53. The average molecular weight is 454 g/mol. The molecule has 0 bridgehead atoms. The maximum atomic E-state index is 12.9. The van der Waals surface area contributed by atoms with Crippen LogP contribution in [0.2, 0.25) is 0 Å². The quantitative estimate of drug-likeness (QED) is 0.292. The van der Waals surface area contributed by atoms with E-state index in [2.05, 4.69) is 41.7 Å². The van der Waals surface area contributed by atoms with Crippen LogP contribution < -0.4 is 5.32 Å². The molecule has 0 radical (unpaired) electrons. The molecule has 0 aliphatic rings. The van der Waals surface area contributed by atoms with Gasteiger partial charge in [-0.05, 0) is 30.5 Å². The van der Waals surface area contributed by atoms with E-state index in [-0.39, 0.29) is 25.9 Å². The summed E-state index contributed by atoms with van der Waals surface area (Å²) in [5.41, 5.74) is 2.43. The van der Waals surface area contributed by atoms with Gasteiger partial charge in [-0.1, -0.05) is 91.0 Å². The lowest BCUT2D eigenvalue weighted by atomic mass is 9.77. The van der Waals surface area contributed by atoms with Gasteiger partial charge in [0.2, 0.25) is 0 Å².